The van der Waals surface area contributed by atoms with Crippen LogP contribution in [0.3, 0.4) is 0 Å². The molecule has 7 nitrogen and oxygen atoms in total. The van der Waals surface area contributed by atoms with E-state index in [0.717, 1.165) is 54.3 Å². The fourth-order valence-corrected chi connectivity index (χ4v) is 5.81. The lowest BCUT2D eigenvalue weighted by Gasteiger charge is -2.38. The minimum absolute atomic E-state index is 0.0442. The van der Waals surface area contributed by atoms with Crippen molar-refractivity contribution in [2.75, 3.05) is 32.0 Å². The van der Waals surface area contributed by atoms with Gasteiger partial charge in [-0.1, -0.05) is 35.9 Å². The van der Waals surface area contributed by atoms with Crippen LogP contribution in [0.2, 0.25) is 5.02 Å². The first-order valence-corrected chi connectivity index (χ1v) is 13.5. The molecule has 2 saturated heterocycles. The van der Waals surface area contributed by atoms with Gasteiger partial charge in [0, 0.05) is 54.4 Å². The molecular weight excluding hydrogens is 494 g/mol. The molecule has 0 unspecified atom stereocenters. The number of thiazole rings is 1. The van der Waals surface area contributed by atoms with Gasteiger partial charge in [-0.3, -0.25) is 9.69 Å². The van der Waals surface area contributed by atoms with Gasteiger partial charge in [0.15, 0.2) is 0 Å². The van der Waals surface area contributed by atoms with Crippen molar-refractivity contribution in [2.24, 2.45) is 0 Å². The normalized spacial score (nSPS) is 19.2. The number of likely N-dealkylation sites (N-methyl/N-ethyl adjacent to an activating group) is 1. The molecule has 9 heteroatoms. The third-order valence-electron chi connectivity index (χ3n) is 7.07. The highest BCUT2D eigenvalue weighted by molar-refractivity contribution is 7.07. The Morgan fingerprint density at radius 1 is 1.19 bits per heavy atom. The number of amides is 3. The lowest BCUT2D eigenvalue weighted by atomic mass is 10.0. The first-order chi connectivity index (χ1) is 17.4. The summed E-state index contributed by atoms with van der Waals surface area (Å²) < 4.78 is 0. The molecule has 2 aliphatic rings. The third kappa shape index (κ3) is 5.26. The summed E-state index contributed by atoms with van der Waals surface area (Å²) in [6.07, 6.45) is 1.69. The van der Waals surface area contributed by atoms with E-state index in [1.165, 1.54) is 16.9 Å². The van der Waals surface area contributed by atoms with Crippen molar-refractivity contribution < 1.29 is 9.59 Å². The first-order valence-electron chi connectivity index (χ1n) is 12.2. The van der Waals surface area contributed by atoms with E-state index in [4.69, 9.17) is 11.6 Å². The lowest BCUT2D eigenvalue weighted by molar-refractivity contribution is -0.120. The summed E-state index contributed by atoms with van der Waals surface area (Å²) in [4.78, 5) is 36.6. The van der Waals surface area contributed by atoms with Crippen molar-refractivity contribution in [3.05, 3.63) is 69.5 Å². The Morgan fingerprint density at radius 3 is 2.72 bits per heavy atom. The Bertz CT molecular complexity index is 1240. The number of carbonyl (C=O) groups excluding carboxylic acids is 2. The SMILES string of the molecule is Cc1cc(CN2CCC(N3C(=O)N(C)C[C@@H]3C(=O)Nc3cccc(-c4cscn4)c3)CC2)ccc1Cl. The minimum atomic E-state index is -0.513. The maximum atomic E-state index is 13.4. The fraction of sp³-hybridized carbons (Fsp3) is 0.370. The van der Waals surface area contributed by atoms with E-state index in [0.29, 0.717) is 12.2 Å². The molecule has 3 amide bonds. The number of nitrogens with one attached hydrogen (secondary N) is 1. The first kappa shape index (κ1) is 24.7. The number of benzene rings is 2. The highest BCUT2D eigenvalue weighted by Crippen LogP contribution is 2.28. The standard InChI is InChI=1S/C27H30ClN5O2S/c1-18-12-19(6-7-23(18)28)14-32-10-8-22(9-11-32)33-25(15-31(2)27(33)35)26(34)30-21-5-3-4-20(13-21)24-16-36-17-29-24/h3-7,12-13,16-17,22,25H,8-11,14-15H2,1-2H3,(H,30,34)/t25-/m1/s1. The number of rotatable bonds is 6. The van der Waals surface area contributed by atoms with Gasteiger partial charge in [-0.15, -0.1) is 11.3 Å². The second kappa shape index (κ2) is 10.6. The highest BCUT2D eigenvalue weighted by Gasteiger charge is 2.44. The van der Waals surface area contributed by atoms with Gasteiger partial charge < -0.3 is 15.1 Å². The predicted molar refractivity (Wildman–Crippen MR) is 144 cm³/mol. The minimum Gasteiger partial charge on any atom is -0.325 e. The van der Waals surface area contributed by atoms with E-state index in [1.807, 2.05) is 47.5 Å². The molecule has 36 heavy (non-hydrogen) atoms. The van der Waals surface area contributed by atoms with Crippen molar-refractivity contribution in [1.82, 2.24) is 19.7 Å². The second-order valence-electron chi connectivity index (χ2n) is 9.62. The Balaban J connectivity index is 1.23. The van der Waals surface area contributed by atoms with Gasteiger partial charge in [-0.25, -0.2) is 9.78 Å². The van der Waals surface area contributed by atoms with Gasteiger partial charge in [-0.2, -0.15) is 0 Å². The van der Waals surface area contributed by atoms with Crippen molar-refractivity contribution in [2.45, 2.75) is 38.4 Å². The van der Waals surface area contributed by atoms with Crippen LogP contribution in [0.25, 0.3) is 11.3 Å². The molecule has 2 aromatic carbocycles. The summed E-state index contributed by atoms with van der Waals surface area (Å²) in [5.74, 6) is -0.151. The monoisotopic (exact) mass is 523 g/mol. The van der Waals surface area contributed by atoms with Crippen LogP contribution in [0.15, 0.2) is 53.4 Å². The zero-order valence-electron chi connectivity index (χ0n) is 20.5. The summed E-state index contributed by atoms with van der Waals surface area (Å²) in [5.41, 5.74) is 6.66. The molecule has 188 valence electrons. The van der Waals surface area contributed by atoms with Crippen molar-refractivity contribution in [3.63, 3.8) is 0 Å². The topological polar surface area (TPSA) is 68.8 Å². The number of aromatic nitrogens is 1. The summed E-state index contributed by atoms with van der Waals surface area (Å²) in [6.45, 7) is 5.03. The molecule has 1 atom stereocenters. The molecule has 2 fully saturated rings. The molecule has 0 radical (unpaired) electrons. The van der Waals surface area contributed by atoms with Gasteiger partial charge in [0.2, 0.25) is 5.91 Å². The number of hydrogen-bond donors (Lipinski definition) is 1. The number of anilines is 1. The predicted octanol–water partition coefficient (Wildman–Crippen LogP) is 5.11. The number of piperidine rings is 1. The number of hydrogen-bond acceptors (Lipinski definition) is 5. The summed E-state index contributed by atoms with van der Waals surface area (Å²) >= 11 is 7.71. The number of aryl methyl sites for hydroxylation is 1. The van der Waals surface area contributed by atoms with Gasteiger partial charge in [-0.05, 0) is 49.1 Å². The molecule has 0 aliphatic carbocycles. The number of halogens is 1. The zero-order valence-corrected chi connectivity index (χ0v) is 22.1. The van der Waals surface area contributed by atoms with E-state index in [2.05, 4.69) is 27.3 Å². The number of urea groups is 1. The third-order valence-corrected chi connectivity index (χ3v) is 8.08. The van der Waals surface area contributed by atoms with E-state index in [-0.39, 0.29) is 18.0 Å². The average Bonchev–Trinajstić information content (AvgIpc) is 3.51. The van der Waals surface area contributed by atoms with E-state index < -0.39 is 6.04 Å². The summed E-state index contributed by atoms with van der Waals surface area (Å²) in [6, 6.07) is 13.3. The Labute approximate surface area is 220 Å². The number of likely N-dealkylation sites (tertiary alicyclic amines) is 1. The highest BCUT2D eigenvalue weighted by atomic mass is 35.5. The molecule has 3 aromatic rings. The molecule has 0 spiro atoms. The number of carbonyl (C=O) groups is 2. The molecule has 0 bridgehead atoms. The summed E-state index contributed by atoms with van der Waals surface area (Å²) in [7, 11) is 1.77. The second-order valence-corrected chi connectivity index (χ2v) is 10.7. The Morgan fingerprint density at radius 2 is 2.00 bits per heavy atom. The number of nitrogens with zero attached hydrogens (tertiary/aromatic N) is 4. The van der Waals surface area contributed by atoms with Crippen LogP contribution >= 0.6 is 22.9 Å². The van der Waals surface area contributed by atoms with Crippen LogP contribution < -0.4 is 5.32 Å². The summed E-state index contributed by atoms with van der Waals surface area (Å²) in [5, 5.41) is 5.81. The quantitative estimate of drug-likeness (QED) is 0.487. The van der Waals surface area contributed by atoms with Crippen LogP contribution in [0.4, 0.5) is 10.5 Å². The van der Waals surface area contributed by atoms with Crippen molar-refractivity contribution in [3.8, 4) is 11.3 Å². The molecule has 5 rings (SSSR count). The maximum absolute atomic E-state index is 13.4. The fourth-order valence-electron chi connectivity index (χ4n) is 5.13. The van der Waals surface area contributed by atoms with Crippen LogP contribution in [0.5, 0.6) is 0 Å². The van der Waals surface area contributed by atoms with Gasteiger partial charge in [0.1, 0.15) is 6.04 Å². The van der Waals surface area contributed by atoms with Crippen molar-refractivity contribution in [1.29, 1.82) is 0 Å². The van der Waals surface area contributed by atoms with Gasteiger partial charge in [0.25, 0.3) is 0 Å². The van der Waals surface area contributed by atoms with Crippen LogP contribution in [-0.2, 0) is 11.3 Å². The van der Waals surface area contributed by atoms with Gasteiger partial charge in [0.05, 0.1) is 17.7 Å². The Hall–Kier alpha value is -2.94. The van der Waals surface area contributed by atoms with Crippen LogP contribution in [0.1, 0.15) is 24.0 Å². The Kier molecular flexibility index (Phi) is 7.27. The zero-order chi connectivity index (χ0) is 25.2. The molecule has 3 heterocycles. The van der Waals surface area contributed by atoms with Crippen LogP contribution in [0, 0.1) is 6.92 Å². The molecule has 1 aromatic heterocycles. The van der Waals surface area contributed by atoms with Crippen LogP contribution in [-0.4, -0.2) is 70.4 Å². The van der Waals surface area contributed by atoms with Gasteiger partial charge >= 0.3 is 6.03 Å². The van der Waals surface area contributed by atoms with E-state index >= 15 is 0 Å². The maximum Gasteiger partial charge on any atom is 0.320 e. The van der Waals surface area contributed by atoms with E-state index in [9.17, 15) is 9.59 Å². The average molecular weight is 524 g/mol. The largest absolute Gasteiger partial charge is 0.325 e. The van der Waals surface area contributed by atoms with E-state index in [1.54, 1.807) is 17.5 Å². The molecule has 0 saturated carbocycles. The van der Waals surface area contributed by atoms with Crippen molar-refractivity contribution >= 4 is 40.6 Å². The molecule has 2 aliphatic heterocycles. The molecule has 1 N–H and O–H groups in total. The lowest BCUT2D eigenvalue weighted by Crippen LogP contribution is -2.52. The molecular formula is C27H30ClN5O2S. The smallest absolute Gasteiger partial charge is 0.320 e.